The van der Waals surface area contributed by atoms with Crippen LogP contribution in [0.5, 0.6) is 0 Å². The van der Waals surface area contributed by atoms with Gasteiger partial charge in [0.1, 0.15) is 11.6 Å². The highest BCUT2D eigenvalue weighted by Crippen LogP contribution is 2.17. The number of hydrogen-bond donors (Lipinski definition) is 1. The molecule has 1 aliphatic rings. The van der Waals surface area contributed by atoms with Crippen molar-refractivity contribution in [3.05, 3.63) is 27.5 Å². The molecule has 0 atom stereocenters. The molecule has 0 unspecified atom stereocenters. The Morgan fingerprint density at radius 1 is 1.37 bits per heavy atom. The minimum atomic E-state index is -0.326. The first-order chi connectivity index (χ1) is 9.20. The number of piperidine rings is 1. The van der Waals surface area contributed by atoms with Crippen LogP contribution < -0.4 is 10.5 Å². The van der Waals surface area contributed by atoms with Gasteiger partial charge in [0.05, 0.1) is 0 Å². The lowest BCUT2D eigenvalue weighted by atomic mass is 10.1. The molecule has 0 spiro atoms. The van der Waals surface area contributed by atoms with Crippen LogP contribution in [0.1, 0.15) is 30.4 Å². The maximum absolute atomic E-state index is 12.1. The average Bonchev–Trinajstić information content (AvgIpc) is 2.84. The van der Waals surface area contributed by atoms with Crippen LogP contribution in [-0.2, 0) is 0 Å². The molecule has 0 radical (unpaired) electrons. The molecule has 98 valence electrons. The molecular weight excluding hydrogens is 242 g/mol. The molecule has 6 heteroatoms. The van der Waals surface area contributed by atoms with E-state index >= 15 is 0 Å². The van der Waals surface area contributed by atoms with Gasteiger partial charge in [-0.1, -0.05) is 0 Å². The zero-order valence-electron chi connectivity index (χ0n) is 10.8. The summed E-state index contributed by atoms with van der Waals surface area (Å²) in [6.45, 7) is 3.67. The first-order valence-corrected chi connectivity index (χ1v) is 6.48. The van der Waals surface area contributed by atoms with E-state index in [4.69, 9.17) is 5.26 Å². The van der Waals surface area contributed by atoms with Crippen molar-refractivity contribution in [2.45, 2.75) is 26.2 Å². The van der Waals surface area contributed by atoms with Gasteiger partial charge in [-0.25, -0.2) is 0 Å². The molecule has 0 aromatic carbocycles. The molecule has 0 aliphatic carbocycles. The Labute approximate surface area is 110 Å². The first kappa shape index (κ1) is 11.8. The number of aromatic amines is 1. The Hall–Kier alpha value is -2.29. The highest BCUT2D eigenvalue weighted by atomic mass is 16.1. The number of nitrogens with one attached hydrogen (secondary N) is 1. The van der Waals surface area contributed by atoms with E-state index in [0.29, 0.717) is 17.2 Å². The Bertz CT molecular complexity index is 715. The fraction of sp³-hybridized carbons (Fsp3) is 0.462. The fourth-order valence-corrected chi connectivity index (χ4v) is 2.52. The largest absolute Gasteiger partial charge is 0.341 e. The number of fused-ring (bicyclic) bond motifs is 1. The first-order valence-electron chi connectivity index (χ1n) is 6.48. The Morgan fingerprint density at radius 2 is 2.11 bits per heavy atom. The predicted octanol–water partition coefficient (Wildman–Crippen LogP) is 1.19. The minimum Gasteiger partial charge on any atom is -0.341 e. The van der Waals surface area contributed by atoms with Crippen LogP contribution in [0.2, 0.25) is 0 Å². The molecule has 1 saturated heterocycles. The van der Waals surface area contributed by atoms with E-state index in [0.717, 1.165) is 25.9 Å². The van der Waals surface area contributed by atoms with E-state index in [1.807, 2.05) is 6.07 Å². The standard InChI is InChI=1S/C13H15N5O/c1-9-7-11-15-13(17-5-3-2-4-6-17)16-18(11)12(19)10(9)8-14/h7H,2-6H2,1H3,(H,15,16). The average molecular weight is 257 g/mol. The summed E-state index contributed by atoms with van der Waals surface area (Å²) in [5.74, 6) is 0.714. The summed E-state index contributed by atoms with van der Waals surface area (Å²) < 4.78 is 1.36. The van der Waals surface area contributed by atoms with Gasteiger partial charge in [0.25, 0.3) is 5.56 Å². The molecule has 3 rings (SSSR count). The molecule has 0 amide bonds. The summed E-state index contributed by atoms with van der Waals surface area (Å²) >= 11 is 0. The van der Waals surface area contributed by atoms with Crippen molar-refractivity contribution in [1.82, 2.24) is 14.6 Å². The van der Waals surface area contributed by atoms with E-state index in [1.165, 1.54) is 10.9 Å². The number of anilines is 1. The number of aromatic nitrogens is 3. The normalized spacial score (nSPS) is 15.7. The highest BCUT2D eigenvalue weighted by molar-refractivity contribution is 5.50. The summed E-state index contributed by atoms with van der Waals surface area (Å²) in [6, 6.07) is 3.72. The minimum absolute atomic E-state index is 0.173. The smallest absolute Gasteiger partial charge is 0.289 e. The van der Waals surface area contributed by atoms with Crippen molar-refractivity contribution in [2.75, 3.05) is 18.0 Å². The van der Waals surface area contributed by atoms with Crippen molar-refractivity contribution in [3.63, 3.8) is 0 Å². The second kappa shape index (κ2) is 4.43. The van der Waals surface area contributed by atoms with Crippen LogP contribution in [0.4, 0.5) is 5.95 Å². The Kier molecular flexibility index (Phi) is 2.75. The second-order valence-corrected chi connectivity index (χ2v) is 4.91. The molecule has 2 aromatic heterocycles. The molecule has 1 fully saturated rings. The van der Waals surface area contributed by atoms with Gasteiger partial charge in [-0.3, -0.25) is 9.89 Å². The monoisotopic (exact) mass is 257 g/mol. The molecule has 1 aliphatic heterocycles. The molecule has 1 N–H and O–H groups in total. The molecule has 2 aromatic rings. The molecule has 3 heterocycles. The maximum atomic E-state index is 12.1. The van der Waals surface area contributed by atoms with Crippen molar-refractivity contribution in [1.29, 1.82) is 5.26 Å². The van der Waals surface area contributed by atoms with Crippen LogP contribution in [0.25, 0.3) is 5.65 Å². The molecule has 0 saturated carbocycles. The number of aryl methyl sites for hydroxylation is 1. The van der Waals surface area contributed by atoms with E-state index < -0.39 is 0 Å². The lowest BCUT2D eigenvalue weighted by Crippen LogP contribution is -2.30. The van der Waals surface area contributed by atoms with Gasteiger partial charge in [-0.05, 0) is 37.8 Å². The number of nitriles is 1. The van der Waals surface area contributed by atoms with Gasteiger partial charge in [-0.2, -0.15) is 14.8 Å². The zero-order chi connectivity index (χ0) is 13.4. The molecule has 0 bridgehead atoms. The third-order valence-corrected chi connectivity index (χ3v) is 3.59. The van der Waals surface area contributed by atoms with E-state index in [1.54, 1.807) is 13.0 Å². The van der Waals surface area contributed by atoms with Gasteiger partial charge in [0.15, 0.2) is 5.65 Å². The summed E-state index contributed by atoms with van der Waals surface area (Å²) in [6.07, 6.45) is 3.54. The van der Waals surface area contributed by atoms with Crippen molar-refractivity contribution >= 4 is 11.6 Å². The van der Waals surface area contributed by atoms with Crippen molar-refractivity contribution in [3.8, 4) is 6.07 Å². The fourth-order valence-electron chi connectivity index (χ4n) is 2.52. The topological polar surface area (TPSA) is 77.2 Å². The van der Waals surface area contributed by atoms with Gasteiger partial charge in [-0.15, -0.1) is 0 Å². The summed E-state index contributed by atoms with van der Waals surface area (Å²) in [4.78, 5) is 18.7. The summed E-state index contributed by atoms with van der Waals surface area (Å²) in [5, 5.41) is 12.0. The van der Waals surface area contributed by atoms with Gasteiger partial charge in [0, 0.05) is 13.1 Å². The number of nitrogens with zero attached hydrogens (tertiary/aromatic N) is 4. The van der Waals surface area contributed by atoms with Crippen molar-refractivity contribution in [2.24, 2.45) is 0 Å². The maximum Gasteiger partial charge on any atom is 0.289 e. The Balaban J connectivity index is 2.13. The van der Waals surface area contributed by atoms with Crippen LogP contribution >= 0.6 is 0 Å². The van der Waals surface area contributed by atoms with Crippen LogP contribution in [0, 0.1) is 18.3 Å². The Morgan fingerprint density at radius 3 is 2.79 bits per heavy atom. The number of hydrogen-bond acceptors (Lipinski definition) is 4. The number of pyridine rings is 1. The van der Waals surface area contributed by atoms with Crippen molar-refractivity contribution < 1.29 is 0 Å². The molecular formula is C13H15N5O. The predicted molar refractivity (Wildman–Crippen MR) is 71.3 cm³/mol. The van der Waals surface area contributed by atoms with Crippen LogP contribution in [-0.4, -0.2) is 27.7 Å². The summed E-state index contributed by atoms with van der Waals surface area (Å²) in [7, 11) is 0. The zero-order valence-corrected chi connectivity index (χ0v) is 10.8. The molecule has 19 heavy (non-hydrogen) atoms. The van der Waals surface area contributed by atoms with Gasteiger partial charge < -0.3 is 4.90 Å². The quantitative estimate of drug-likeness (QED) is 0.832. The van der Waals surface area contributed by atoms with E-state index in [9.17, 15) is 4.79 Å². The lowest BCUT2D eigenvalue weighted by Gasteiger charge is -2.25. The van der Waals surface area contributed by atoms with E-state index in [2.05, 4.69) is 15.0 Å². The highest BCUT2D eigenvalue weighted by Gasteiger charge is 2.16. The third-order valence-electron chi connectivity index (χ3n) is 3.59. The molecule has 6 nitrogen and oxygen atoms in total. The second-order valence-electron chi connectivity index (χ2n) is 4.91. The third kappa shape index (κ3) is 1.87. The van der Waals surface area contributed by atoms with Gasteiger partial charge >= 0.3 is 0 Å². The lowest BCUT2D eigenvalue weighted by molar-refractivity contribution is 0.568. The van der Waals surface area contributed by atoms with E-state index in [-0.39, 0.29) is 11.1 Å². The SMILES string of the molecule is Cc1cc2nc(N3CCCCC3)[nH]n2c(=O)c1C#N. The number of rotatable bonds is 1. The number of H-pyrrole nitrogens is 1. The van der Waals surface area contributed by atoms with Gasteiger partial charge in [0.2, 0.25) is 5.95 Å². The summed E-state index contributed by atoms with van der Waals surface area (Å²) in [5.41, 5.74) is 1.09. The van der Waals surface area contributed by atoms with Crippen LogP contribution in [0.3, 0.4) is 0 Å². The van der Waals surface area contributed by atoms with Crippen LogP contribution in [0.15, 0.2) is 10.9 Å².